The Balaban J connectivity index is 1.60. The van der Waals surface area contributed by atoms with Crippen molar-refractivity contribution < 1.29 is 24.3 Å². The molecule has 0 atom stereocenters. The Labute approximate surface area is 128 Å². The minimum absolute atomic E-state index is 0.0763. The van der Waals surface area contributed by atoms with E-state index in [1.54, 1.807) is 6.20 Å². The molecule has 112 valence electrons. The van der Waals surface area contributed by atoms with Crippen molar-refractivity contribution >= 4 is 39.4 Å². The molecule has 1 saturated heterocycles. The van der Waals surface area contributed by atoms with Crippen LogP contribution < -0.4 is 0 Å². The first-order valence-electron chi connectivity index (χ1n) is 6.10. The fourth-order valence-electron chi connectivity index (χ4n) is 1.38. The second kappa shape index (κ2) is 8.01. The standard InChI is InChI=1S/C12H12N2O5S2/c15-10-4-5-11(16)14(10)19-18-12(17)6-8-20-21-9-3-1-2-7-13-9/h1-3,7H,4-6,8H2. The minimum Gasteiger partial charge on any atom is -0.274 e. The number of hydroxylamine groups is 2. The van der Waals surface area contributed by atoms with Crippen molar-refractivity contribution in [2.75, 3.05) is 5.75 Å². The number of pyridine rings is 1. The summed E-state index contributed by atoms with van der Waals surface area (Å²) in [6.45, 7) is 0. The highest BCUT2D eigenvalue weighted by Crippen LogP contribution is 2.29. The third-order valence-corrected chi connectivity index (χ3v) is 4.65. The molecule has 2 amide bonds. The predicted octanol–water partition coefficient (Wildman–Crippen LogP) is 1.75. The summed E-state index contributed by atoms with van der Waals surface area (Å²) in [6, 6.07) is 5.57. The molecule has 0 aromatic carbocycles. The zero-order chi connectivity index (χ0) is 15.1. The molecular weight excluding hydrogens is 316 g/mol. The van der Waals surface area contributed by atoms with E-state index in [9.17, 15) is 14.4 Å². The maximum Gasteiger partial charge on any atom is 0.345 e. The topological polar surface area (TPSA) is 85.8 Å². The van der Waals surface area contributed by atoms with E-state index in [1.165, 1.54) is 21.6 Å². The molecule has 2 rings (SSSR count). The van der Waals surface area contributed by atoms with Gasteiger partial charge in [0.1, 0.15) is 5.03 Å². The summed E-state index contributed by atoms with van der Waals surface area (Å²) in [5.74, 6) is -1.16. The number of hydrogen-bond donors (Lipinski definition) is 0. The lowest BCUT2D eigenvalue weighted by Gasteiger charge is -2.10. The molecule has 21 heavy (non-hydrogen) atoms. The molecule has 1 aliphatic heterocycles. The third-order valence-electron chi connectivity index (χ3n) is 2.38. The maximum absolute atomic E-state index is 11.4. The monoisotopic (exact) mass is 328 g/mol. The number of hydrogen-bond acceptors (Lipinski definition) is 8. The minimum atomic E-state index is -0.642. The summed E-state index contributed by atoms with van der Waals surface area (Å²) >= 11 is 0. The fraction of sp³-hybridized carbons (Fsp3) is 0.333. The van der Waals surface area contributed by atoms with Crippen LogP contribution in [0.15, 0.2) is 29.4 Å². The lowest BCUT2D eigenvalue weighted by atomic mass is 10.4. The third kappa shape index (κ3) is 5.03. The quantitative estimate of drug-likeness (QED) is 0.246. The Morgan fingerprint density at radius 1 is 1.29 bits per heavy atom. The van der Waals surface area contributed by atoms with E-state index in [2.05, 4.69) is 14.9 Å². The van der Waals surface area contributed by atoms with Gasteiger partial charge in [0.15, 0.2) is 0 Å². The van der Waals surface area contributed by atoms with Crippen molar-refractivity contribution in [2.24, 2.45) is 0 Å². The van der Waals surface area contributed by atoms with Gasteiger partial charge in [-0.25, -0.2) is 9.78 Å². The van der Waals surface area contributed by atoms with Crippen LogP contribution in [0, 0.1) is 0 Å². The molecular formula is C12H12N2O5S2. The van der Waals surface area contributed by atoms with Crippen molar-refractivity contribution in [3.05, 3.63) is 24.4 Å². The number of carbonyl (C=O) groups is 3. The van der Waals surface area contributed by atoms with Crippen LogP contribution in [0.1, 0.15) is 19.3 Å². The van der Waals surface area contributed by atoms with Gasteiger partial charge in [-0.3, -0.25) is 14.5 Å². The molecule has 0 radical (unpaired) electrons. The van der Waals surface area contributed by atoms with Gasteiger partial charge in [-0.15, -0.1) is 5.06 Å². The number of rotatable bonds is 7. The molecule has 0 aliphatic carbocycles. The number of nitrogens with zero attached hydrogens (tertiary/aromatic N) is 2. The molecule has 2 heterocycles. The highest BCUT2D eigenvalue weighted by Gasteiger charge is 2.32. The summed E-state index contributed by atoms with van der Waals surface area (Å²) < 4.78 is 0. The van der Waals surface area contributed by atoms with E-state index in [0.717, 1.165) is 5.03 Å². The zero-order valence-corrected chi connectivity index (χ0v) is 12.5. The first-order valence-corrected chi connectivity index (χ1v) is 8.42. The Morgan fingerprint density at radius 3 is 2.71 bits per heavy atom. The Hall–Kier alpha value is -1.58. The first-order chi connectivity index (χ1) is 10.2. The van der Waals surface area contributed by atoms with Crippen LogP contribution in [0.3, 0.4) is 0 Å². The first kappa shape index (κ1) is 15.8. The van der Waals surface area contributed by atoms with Crippen LogP contribution in [0.5, 0.6) is 0 Å². The van der Waals surface area contributed by atoms with Crippen LogP contribution in [-0.2, 0) is 24.3 Å². The largest absolute Gasteiger partial charge is 0.345 e. The van der Waals surface area contributed by atoms with E-state index in [-0.39, 0.29) is 19.3 Å². The molecule has 7 nitrogen and oxygen atoms in total. The SMILES string of the molecule is O=C(CCSSc1ccccn1)OON1C(=O)CCC1=O. The molecule has 0 spiro atoms. The fourth-order valence-corrected chi connectivity index (χ4v) is 3.23. The summed E-state index contributed by atoms with van der Waals surface area (Å²) in [5, 5.41) is 1.33. The second-order valence-electron chi connectivity index (χ2n) is 3.94. The Kier molecular flexibility index (Phi) is 6.03. The van der Waals surface area contributed by atoms with Gasteiger partial charge in [-0.05, 0) is 27.9 Å². The molecule has 0 N–H and O–H groups in total. The van der Waals surface area contributed by atoms with Gasteiger partial charge in [0, 0.05) is 24.8 Å². The Bertz CT molecular complexity index is 510. The average molecular weight is 328 g/mol. The van der Waals surface area contributed by atoms with Gasteiger partial charge in [0.25, 0.3) is 11.8 Å². The number of aromatic nitrogens is 1. The number of amides is 2. The van der Waals surface area contributed by atoms with E-state index >= 15 is 0 Å². The van der Waals surface area contributed by atoms with Crippen LogP contribution in [0.25, 0.3) is 0 Å². The van der Waals surface area contributed by atoms with Gasteiger partial charge in [-0.1, -0.05) is 16.9 Å². The van der Waals surface area contributed by atoms with Crippen LogP contribution in [0.2, 0.25) is 0 Å². The van der Waals surface area contributed by atoms with E-state index in [4.69, 9.17) is 0 Å². The molecule has 0 bridgehead atoms. The predicted molar refractivity (Wildman–Crippen MR) is 75.4 cm³/mol. The number of carbonyl (C=O) groups excluding carboxylic acids is 3. The van der Waals surface area contributed by atoms with Gasteiger partial charge in [0.05, 0.1) is 6.42 Å². The molecule has 0 unspecified atom stereocenters. The summed E-state index contributed by atoms with van der Waals surface area (Å²) in [5.41, 5.74) is 0. The van der Waals surface area contributed by atoms with E-state index < -0.39 is 17.8 Å². The van der Waals surface area contributed by atoms with E-state index in [0.29, 0.717) is 10.8 Å². The maximum atomic E-state index is 11.4. The van der Waals surface area contributed by atoms with Crippen LogP contribution >= 0.6 is 21.6 Å². The summed E-state index contributed by atoms with van der Waals surface area (Å²) in [6.07, 6.45) is 1.94. The zero-order valence-electron chi connectivity index (χ0n) is 10.9. The van der Waals surface area contributed by atoms with Gasteiger partial charge >= 0.3 is 5.97 Å². The van der Waals surface area contributed by atoms with Crippen molar-refractivity contribution in [3.8, 4) is 0 Å². The number of imide groups is 1. The molecule has 0 saturated carbocycles. The highest BCUT2D eigenvalue weighted by atomic mass is 33.1. The summed E-state index contributed by atoms with van der Waals surface area (Å²) in [7, 11) is 2.89. The van der Waals surface area contributed by atoms with Crippen LogP contribution in [-0.4, -0.2) is 33.6 Å². The second-order valence-corrected chi connectivity index (χ2v) is 6.37. The van der Waals surface area contributed by atoms with Crippen molar-refractivity contribution in [1.29, 1.82) is 0 Å². The highest BCUT2D eigenvalue weighted by molar-refractivity contribution is 8.76. The van der Waals surface area contributed by atoms with Gasteiger partial charge in [0.2, 0.25) is 0 Å². The normalized spacial score (nSPS) is 14.6. The molecule has 9 heteroatoms. The lowest BCUT2D eigenvalue weighted by Crippen LogP contribution is -2.30. The average Bonchev–Trinajstić information content (AvgIpc) is 2.81. The molecule has 1 aromatic heterocycles. The molecule has 1 fully saturated rings. The molecule has 1 aliphatic rings. The lowest BCUT2D eigenvalue weighted by molar-refractivity contribution is -0.365. The van der Waals surface area contributed by atoms with Crippen molar-refractivity contribution in [2.45, 2.75) is 24.3 Å². The summed E-state index contributed by atoms with van der Waals surface area (Å²) in [4.78, 5) is 46.8. The van der Waals surface area contributed by atoms with Crippen molar-refractivity contribution in [1.82, 2.24) is 10.0 Å². The molecule has 1 aromatic rings. The van der Waals surface area contributed by atoms with Crippen molar-refractivity contribution in [3.63, 3.8) is 0 Å². The van der Waals surface area contributed by atoms with E-state index in [1.807, 2.05) is 18.2 Å². The van der Waals surface area contributed by atoms with Gasteiger partial charge < -0.3 is 0 Å². The Morgan fingerprint density at radius 2 is 2.05 bits per heavy atom. The van der Waals surface area contributed by atoms with Crippen LogP contribution in [0.4, 0.5) is 0 Å². The van der Waals surface area contributed by atoms with Gasteiger partial charge in [-0.2, -0.15) is 0 Å². The smallest absolute Gasteiger partial charge is 0.274 e.